The lowest BCUT2D eigenvalue weighted by Crippen LogP contribution is -2.14. The number of aryl methyl sites for hydroxylation is 1. The molecule has 0 aliphatic carbocycles. The molecule has 84 valence electrons. The third kappa shape index (κ3) is 2.03. The van der Waals surface area contributed by atoms with Gasteiger partial charge in [0.1, 0.15) is 0 Å². The highest BCUT2D eigenvalue weighted by Gasteiger charge is 2.03. The summed E-state index contributed by atoms with van der Waals surface area (Å²) in [5.74, 6) is -0.0657. The van der Waals surface area contributed by atoms with Gasteiger partial charge in [-0.25, -0.2) is 4.98 Å². The van der Waals surface area contributed by atoms with E-state index in [2.05, 4.69) is 16.9 Å². The molecule has 0 unspecified atom stereocenters. The van der Waals surface area contributed by atoms with Crippen molar-refractivity contribution in [2.45, 2.75) is 26.2 Å². The Bertz CT molecular complexity index is 563. The fraction of sp³-hybridized carbons (Fsp3) is 0.364. The molecule has 0 aliphatic rings. The van der Waals surface area contributed by atoms with Crippen molar-refractivity contribution in [2.24, 2.45) is 0 Å². The van der Waals surface area contributed by atoms with Gasteiger partial charge >= 0.3 is 0 Å². The lowest BCUT2D eigenvalue weighted by atomic mass is 10.1. The number of rotatable bonds is 3. The summed E-state index contributed by atoms with van der Waals surface area (Å²) in [4.78, 5) is 19.4. The van der Waals surface area contributed by atoms with Crippen molar-refractivity contribution in [1.29, 1.82) is 0 Å². The predicted molar refractivity (Wildman–Crippen MR) is 59.5 cm³/mol. The van der Waals surface area contributed by atoms with Gasteiger partial charge in [-0.05, 0) is 18.4 Å². The Morgan fingerprint density at radius 1 is 1.50 bits per heavy atom. The monoisotopic (exact) mass is 219 g/mol. The van der Waals surface area contributed by atoms with Gasteiger partial charge < -0.3 is 5.11 Å². The van der Waals surface area contributed by atoms with Gasteiger partial charge in [0.2, 0.25) is 11.7 Å². The fourth-order valence-electron chi connectivity index (χ4n) is 1.53. The first-order valence-electron chi connectivity index (χ1n) is 5.28. The molecule has 5 heteroatoms. The number of hydrogen-bond acceptors (Lipinski definition) is 4. The zero-order valence-corrected chi connectivity index (χ0v) is 9.05. The van der Waals surface area contributed by atoms with E-state index in [9.17, 15) is 4.79 Å². The molecule has 5 nitrogen and oxygen atoms in total. The van der Waals surface area contributed by atoms with Gasteiger partial charge in [-0.15, -0.1) is 0 Å². The summed E-state index contributed by atoms with van der Waals surface area (Å²) in [5.41, 5.74) is 0.692. The van der Waals surface area contributed by atoms with Gasteiger partial charge in [-0.2, -0.15) is 4.98 Å². The average molecular weight is 219 g/mol. The van der Waals surface area contributed by atoms with Crippen molar-refractivity contribution < 1.29 is 5.11 Å². The van der Waals surface area contributed by atoms with Crippen LogP contribution in [-0.2, 0) is 6.42 Å². The molecule has 0 atom stereocenters. The van der Waals surface area contributed by atoms with E-state index in [4.69, 9.17) is 5.11 Å². The first-order valence-corrected chi connectivity index (χ1v) is 5.28. The Morgan fingerprint density at radius 2 is 2.31 bits per heavy atom. The minimum atomic E-state index is -0.312. The number of fused-ring (bicyclic) bond motifs is 1. The molecule has 0 bridgehead atoms. The molecule has 0 saturated carbocycles. The standard InChI is InChI=1S/C11H13N3O2/c1-2-3-4-8-6-12-11-13-9(15)5-10(16)14(11)7-8/h5-7,15H,2-4H2,1H3. The molecule has 0 amide bonds. The van der Waals surface area contributed by atoms with Crippen LogP contribution in [0.1, 0.15) is 25.3 Å². The van der Waals surface area contributed by atoms with Gasteiger partial charge in [0, 0.05) is 12.4 Å². The van der Waals surface area contributed by atoms with E-state index in [1.807, 2.05) is 0 Å². The largest absolute Gasteiger partial charge is 0.493 e. The SMILES string of the molecule is CCCCc1cnc2nc(O)cc(=O)n2c1. The Kier molecular flexibility index (Phi) is 2.85. The molecule has 0 aromatic carbocycles. The maximum Gasteiger partial charge on any atom is 0.262 e. The maximum absolute atomic E-state index is 11.5. The number of aromatic hydroxyl groups is 1. The van der Waals surface area contributed by atoms with Crippen LogP contribution in [-0.4, -0.2) is 19.5 Å². The fourth-order valence-corrected chi connectivity index (χ4v) is 1.53. The summed E-state index contributed by atoms with van der Waals surface area (Å²) in [6.07, 6.45) is 6.48. The molecule has 2 aromatic rings. The highest BCUT2D eigenvalue weighted by Crippen LogP contribution is 2.06. The number of unbranched alkanes of at least 4 members (excludes halogenated alkanes) is 1. The molecule has 16 heavy (non-hydrogen) atoms. The lowest BCUT2D eigenvalue weighted by Gasteiger charge is -2.03. The first kappa shape index (κ1) is 10.6. The lowest BCUT2D eigenvalue weighted by molar-refractivity contribution is 0.452. The average Bonchev–Trinajstić information content (AvgIpc) is 2.26. The highest BCUT2D eigenvalue weighted by molar-refractivity contribution is 5.31. The van der Waals surface area contributed by atoms with Crippen LogP contribution in [0.4, 0.5) is 0 Å². The van der Waals surface area contributed by atoms with E-state index >= 15 is 0 Å². The van der Waals surface area contributed by atoms with E-state index in [1.165, 1.54) is 4.40 Å². The molecule has 0 fully saturated rings. The summed E-state index contributed by atoms with van der Waals surface area (Å²) in [7, 11) is 0. The van der Waals surface area contributed by atoms with Crippen LogP contribution in [0.25, 0.3) is 5.78 Å². The maximum atomic E-state index is 11.5. The van der Waals surface area contributed by atoms with Crippen LogP contribution in [0.2, 0.25) is 0 Å². The number of aromatic nitrogens is 3. The van der Waals surface area contributed by atoms with Gasteiger partial charge in [-0.1, -0.05) is 13.3 Å². The normalized spacial score (nSPS) is 10.8. The van der Waals surface area contributed by atoms with Gasteiger partial charge in [0.15, 0.2) is 0 Å². The summed E-state index contributed by atoms with van der Waals surface area (Å²) < 4.78 is 1.35. The van der Waals surface area contributed by atoms with E-state index in [-0.39, 0.29) is 17.2 Å². The predicted octanol–water partition coefficient (Wildman–Crippen LogP) is 1.14. The molecule has 2 heterocycles. The Morgan fingerprint density at radius 3 is 3.06 bits per heavy atom. The van der Waals surface area contributed by atoms with Crippen LogP contribution in [0.5, 0.6) is 5.88 Å². The van der Waals surface area contributed by atoms with Crippen LogP contribution in [0.3, 0.4) is 0 Å². The topological polar surface area (TPSA) is 67.5 Å². The van der Waals surface area contributed by atoms with Crippen LogP contribution >= 0.6 is 0 Å². The van der Waals surface area contributed by atoms with E-state index in [0.717, 1.165) is 30.9 Å². The van der Waals surface area contributed by atoms with Crippen LogP contribution < -0.4 is 5.56 Å². The molecule has 0 spiro atoms. The summed E-state index contributed by atoms with van der Waals surface area (Å²) in [6, 6.07) is 1.08. The van der Waals surface area contributed by atoms with Crippen molar-refractivity contribution in [3.63, 3.8) is 0 Å². The van der Waals surface area contributed by atoms with Crippen molar-refractivity contribution >= 4 is 5.78 Å². The summed E-state index contributed by atoms with van der Waals surface area (Å²) in [6.45, 7) is 2.11. The van der Waals surface area contributed by atoms with Crippen molar-refractivity contribution in [1.82, 2.24) is 14.4 Å². The van der Waals surface area contributed by atoms with Crippen molar-refractivity contribution in [3.05, 3.63) is 34.4 Å². The second kappa shape index (κ2) is 4.30. The molecule has 0 radical (unpaired) electrons. The van der Waals surface area contributed by atoms with Gasteiger partial charge in [0.05, 0.1) is 6.07 Å². The third-order valence-corrected chi connectivity index (χ3v) is 2.38. The molecule has 0 aliphatic heterocycles. The Balaban J connectivity index is 2.49. The Labute approximate surface area is 92.4 Å². The molecule has 2 aromatic heterocycles. The second-order valence-electron chi connectivity index (χ2n) is 3.69. The van der Waals surface area contributed by atoms with Crippen molar-refractivity contribution in [3.8, 4) is 5.88 Å². The van der Waals surface area contributed by atoms with E-state index in [1.54, 1.807) is 12.4 Å². The first-order chi connectivity index (χ1) is 7.70. The zero-order chi connectivity index (χ0) is 11.5. The molecule has 2 rings (SSSR count). The minimum Gasteiger partial charge on any atom is -0.493 e. The summed E-state index contributed by atoms with van der Waals surface area (Å²) >= 11 is 0. The molecule has 1 N–H and O–H groups in total. The summed E-state index contributed by atoms with van der Waals surface area (Å²) in [5, 5.41) is 9.16. The van der Waals surface area contributed by atoms with Crippen LogP contribution in [0.15, 0.2) is 23.3 Å². The Hall–Kier alpha value is -1.91. The van der Waals surface area contributed by atoms with Crippen LogP contribution in [0, 0.1) is 0 Å². The molecular weight excluding hydrogens is 206 g/mol. The third-order valence-electron chi connectivity index (χ3n) is 2.38. The minimum absolute atomic E-state index is 0.227. The van der Waals surface area contributed by atoms with Gasteiger partial charge in [0.25, 0.3) is 5.56 Å². The quantitative estimate of drug-likeness (QED) is 0.840. The van der Waals surface area contributed by atoms with E-state index < -0.39 is 0 Å². The van der Waals surface area contributed by atoms with Crippen molar-refractivity contribution in [2.75, 3.05) is 0 Å². The highest BCUT2D eigenvalue weighted by atomic mass is 16.3. The molecular formula is C11H13N3O2. The molecule has 0 saturated heterocycles. The zero-order valence-electron chi connectivity index (χ0n) is 9.05. The number of hydrogen-bond donors (Lipinski definition) is 1. The van der Waals surface area contributed by atoms with Gasteiger partial charge in [-0.3, -0.25) is 9.20 Å². The number of nitrogens with zero attached hydrogens (tertiary/aromatic N) is 3. The van der Waals surface area contributed by atoms with E-state index in [0.29, 0.717) is 0 Å². The smallest absolute Gasteiger partial charge is 0.262 e. The second-order valence-corrected chi connectivity index (χ2v) is 3.69.